The van der Waals surface area contributed by atoms with E-state index in [0.29, 0.717) is 11.1 Å². The minimum Gasteiger partial charge on any atom is -0.406 e. The Balaban J connectivity index is 2.03. The number of benzene rings is 2. The van der Waals surface area contributed by atoms with Gasteiger partial charge >= 0.3 is 12.7 Å². The van der Waals surface area contributed by atoms with Crippen LogP contribution in [0.15, 0.2) is 36.4 Å². The molecule has 0 aromatic heterocycles. The van der Waals surface area contributed by atoms with E-state index in [1.54, 1.807) is 0 Å². The maximum absolute atomic E-state index is 12.3. The van der Waals surface area contributed by atoms with Crippen LogP contribution in [0, 0.1) is 0 Å². The molecule has 0 atom stereocenters. The zero-order valence-electron chi connectivity index (χ0n) is 11.7. The van der Waals surface area contributed by atoms with Crippen molar-refractivity contribution in [3.63, 3.8) is 0 Å². The number of halogens is 6. The van der Waals surface area contributed by atoms with Crippen molar-refractivity contribution in [2.45, 2.75) is 18.8 Å². The third-order valence-electron chi connectivity index (χ3n) is 3.48. The molecule has 128 valence electrons. The minimum atomic E-state index is -4.88. The molecule has 0 fully saturated rings. The zero-order valence-corrected chi connectivity index (χ0v) is 11.7. The van der Waals surface area contributed by atoms with Crippen molar-refractivity contribution in [2.24, 2.45) is 5.73 Å². The number of nitrogens with two attached hydrogens (primary N) is 1. The van der Waals surface area contributed by atoms with Crippen LogP contribution in [-0.4, -0.2) is 12.7 Å². The lowest BCUT2D eigenvalue weighted by Gasteiger charge is -2.11. The van der Waals surface area contributed by atoms with E-state index in [9.17, 15) is 26.3 Å². The first kappa shape index (κ1) is 16.4. The predicted octanol–water partition coefficient (Wildman–Crippen LogP) is 4.51. The van der Waals surface area contributed by atoms with E-state index >= 15 is 0 Å². The highest BCUT2D eigenvalue weighted by molar-refractivity contribution is 5.80. The summed E-state index contributed by atoms with van der Waals surface area (Å²) >= 11 is 0. The molecule has 0 radical (unpaired) electrons. The van der Waals surface area contributed by atoms with Crippen LogP contribution in [0.5, 0.6) is 11.5 Å². The maximum atomic E-state index is 12.3. The van der Waals surface area contributed by atoms with Gasteiger partial charge in [0, 0.05) is 0 Å². The summed E-state index contributed by atoms with van der Waals surface area (Å²) in [5, 5.41) is 0. The van der Waals surface area contributed by atoms with Crippen molar-refractivity contribution in [1.82, 2.24) is 0 Å². The first-order valence-corrected chi connectivity index (χ1v) is 6.59. The molecule has 0 spiro atoms. The van der Waals surface area contributed by atoms with Crippen LogP contribution in [0.25, 0.3) is 11.1 Å². The van der Waals surface area contributed by atoms with Crippen molar-refractivity contribution in [3.05, 3.63) is 47.5 Å². The third kappa shape index (κ3) is 3.25. The van der Waals surface area contributed by atoms with Crippen molar-refractivity contribution in [2.75, 3.05) is 0 Å². The Hall–Kier alpha value is -2.42. The first-order valence-electron chi connectivity index (χ1n) is 6.59. The smallest absolute Gasteiger partial charge is 0.406 e. The van der Waals surface area contributed by atoms with Crippen molar-refractivity contribution in [3.8, 4) is 22.6 Å². The molecule has 0 bridgehead atoms. The Morgan fingerprint density at radius 2 is 1.08 bits per heavy atom. The molecule has 0 saturated heterocycles. The number of rotatable bonds is 2. The number of alkyl halides is 6. The van der Waals surface area contributed by atoms with Gasteiger partial charge in [-0.1, -0.05) is 12.1 Å². The molecule has 24 heavy (non-hydrogen) atoms. The fourth-order valence-corrected chi connectivity index (χ4v) is 2.64. The molecule has 2 N–H and O–H groups in total. The van der Waals surface area contributed by atoms with E-state index < -0.39 is 30.3 Å². The molecule has 2 aromatic rings. The highest BCUT2D eigenvalue weighted by Gasteiger charge is 2.34. The molecule has 9 heteroatoms. The average molecular weight is 349 g/mol. The Kier molecular flexibility index (Phi) is 3.63. The normalized spacial score (nSPS) is 14.3. The lowest BCUT2D eigenvalue weighted by atomic mass is 10.1. The van der Waals surface area contributed by atoms with Gasteiger partial charge in [-0.05, 0) is 46.5 Å². The molecule has 0 aliphatic heterocycles. The summed E-state index contributed by atoms with van der Waals surface area (Å²) in [7, 11) is 0. The van der Waals surface area contributed by atoms with Gasteiger partial charge in [-0.25, -0.2) is 0 Å². The van der Waals surface area contributed by atoms with Crippen molar-refractivity contribution >= 4 is 0 Å². The second-order valence-electron chi connectivity index (χ2n) is 5.07. The maximum Gasteiger partial charge on any atom is 0.573 e. The fraction of sp³-hybridized carbons (Fsp3) is 0.200. The summed E-state index contributed by atoms with van der Waals surface area (Å²) in [5.74, 6) is -0.966. The van der Waals surface area contributed by atoms with Gasteiger partial charge in [0.1, 0.15) is 11.5 Å². The highest BCUT2D eigenvalue weighted by atomic mass is 19.4. The Bertz CT molecular complexity index is 719. The monoisotopic (exact) mass is 349 g/mol. The molecule has 3 nitrogen and oxygen atoms in total. The minimum absolute atomic E-state index is 0.270. The zero-order chi connectivity index (χ0) is 17.7. The van der Waals surface area contributed by atoms with Crippen molar-refractivity contribution < 1.29 is 35.8 Å². The van der Waals surface area contributed by atoms with Gasteiger partial charge in [-0.2, -0.15) is 0 Å². The molecule has 0 unspecified atom stereocenters. The lowest BCUT2D eigenvalue weighted by molar-refractivity contribution is -0.275. The van der Waals surface area contributed by atoms with E-state index in [4.69, 9.17) is 5.73 Å². The third-order valence-corrected chi connectivity index (χ3v) is 3.48. The van der Waals surface area contributed by atoms with Gasteiger partial charge in [0.25, 0.3) is 0 Å². The Labute approximate surface area is 131 Å². The van der Waals surface area contributed by atoms with Crippen LogP contribution >= 0.6 is 0 Å². The van der Waals surface area contributed by atoms with Gasteiger partial charge in [-0.15, -0.1) is 26.3 Å². The van der Waals surface area contributed by atoms with Gasteiger partial charge in [0.2, 0.25) is 0 Å². The Morgan fingerprint density at radius 3 is 1.42 bits per heavy atom. The molecule has 0 heterocycles. The molecule has 2 aromatic carbocycles. The lowest BCUT2D eigenvalue weighted by Crippen LogP contribution is -2.17. The van der Waals surface area contributed by atoms with E-state index in [1.807, 2.05) is 0 Å². The highest BCUT2D eigenvalue weighted by Crippen LogP contribution is 2.45. The molecular formula is C15H9F6NO2. The number of ether oxygens (including phenoxy) is 2. The van der Waals surface area contributed by atoms with E-state index in [2.05, 4.69) is 9.47 Å². The van der Waals surface area contributed by atoms with Crippen LogP contribution in [0.3, 0.4) is 0 Å². The molecule has 0 amide bonds. The molecular weight excluding hydrogens is 340 g/mol. The fourth-order valence-electron chi connectivity index (χ4n) is 2.64. The van der Waals surface area contributed by atoms with Crippen LogP contribution in [-0.2, 0) is 0 Å². The van der Waals surface area contributed by atoms with Crippen LogP contribution in [0.1, 0.15) is 17.2 Å². The Morgan fingerprint density at radius 1 is 0.708 bits per heavy atom. The first-order chi connectivity index (χ1) is 11.0. The number of hydrogen-bond acceptors (Lipinski definition) is 3. The standard InChI is InChI=1S/C15H9F6NO2/c16-14(17,18)23-7-1-3-9-11(5-7)12-6-8(24-15(19,20)21)2-4-10(12)13(9)22/h1-6,13H,22H2. The van der Waals surface area contributed by atoms with Crippen LogP contribution < -0.4 is 15.2 Å². The van der Waals surface area contributed by atoms with Gasteiger partial charge < -0.3 is 15.2 Å². The van der Waals surface area contributed by atoms with E-state index in [0.717, 1.165) is 24.3 Å². The second-order valence-corrected chi connectivity index (χ2v) is 5.07. The van der Waals surface area contributed by atoms with Gasteiger partial charge in [0.05, 0.1) is 6.04 Å². The second kappa shape index (κ2) is 5.30. The van der Waals surface area contributed by atoms with E-state index in [1.165, 1.54) is 12.1 Å². The van der Waals surface area contributed by atoms with Crippen LogP contribution in [0.2, 0.25) is 0 Å². The summed E-state index contributed by atoms with van der Waals surface area (Å²) in [6.07, 6.45) is -9.75. The molecule has 3 rings (SSSR count). The SMILES string of the molecule is NC1c2ccc(OC(F)(F)F)cc2-c2cc(OC(F)(F)F)ccc21. The average Bonchev–Trinajstić information content (AvgIpc) is 2.68. The van der Waals surface area contributed by atoms with Crippen molar-refractivity contribution in [1.29, 1.82) is 0 Å². The van der Waals surface area contributed by atoms with Crippen LogP contribution in [0.4, 0.5) is 26.3 Å². The predicted molar refractivity (Wildman–Crippen MR) is 71.3 cm³/mol. The summed E-state index contributed by atoms with van der Waals surface area (Å²) in [5.41, 5.74) is 7.51. The number of fused-ring (bicyclic) bond motifs is 3. The van der Waals surface area contributed by atoms with Gasteiger partial charge in [0.15, 0.2) is 0 Å². The summed E-state index contributed by atoms with van der Waals surface area (Å²) in [6, 6.07) is 6.43. The topological polar surface area (TPSA) is 44.5 Å². The number of hydrogen-bond donors (Lipinski definition) is 1. The molecule has 1 aliphatic carbocycles. The van der Waals surface area contributed by atoms with E-state index in [-0.39, 0.29) is 11.1 Å². The molecule has 1 aliphatic rings. The quantitative estimate of drug-likeness (QED) is 0.812. The summed E-state index contributed by atoms with van der Waals surface area (Å²) < 4.78 is 81.6. The summed E-state index contributed by atoms with van der Waals surface area (Å²) in [6.45, 7) is 0. The largest absolute Gasteiger partial charge is 0.573 e. The summed E-state index contributed by atoms with van der Waals surface area (Å²) in [4.78, 5) is 0. The van der Waals surface area contributed by atoms with Gasteiger partial charge in [-0.3, -0.25) is 0 Å². The molecule has 0 saturated carbocycles.